The van der Waals surface area contributed by atoms with Crippen LogP contribution in [0.5, 0.6) is 0 Å². The predicted octanol–water partition coefficient (Wildman–Crippen LogP) is 2.28. The lowest BCUT2D eigenvalue weighted by molar-refractivity contribution is 0.0600. The molecular weight excluding hydrogens is 245 g/mol. The van der Waals surface area contributed by atoms with Gasteiger partial charge in [0, 0.05) is 0 Å². The number of esters is 1. The van der Waals surface area contributed by atoms with Crippen molar-refractivity contribution < 1.29 is 9.53 Å². The third-order valence-electron chi connectivity index (χ3n) is 1.22. The van der Waals surface area contributed by atoms with Gasteiger partial charge in [0.25, 0.3) is 0 Å². The van der Waals surface area contributed by atoms with Crippen LogP contribution in [0.25, 0.3) is 0 Å². The monoisotopic (exact) mass is 249 g/mol. The minimum Gasteiger partial charge on any atom is -0.465 e. The second kappa shape index (κ2) is 3.87. The van der Waals surface area contributed by atoms with Crippen molar-refractivity contribution in [1.82, 2.24) is 4.98 Å². The van der Waals surface area contributed by atoms with Crippen molar-refractivity contribution in [1.29, 1.82) is 0 Å². The van der Waals surface area contributed by atoms with E-state index in [0.717, 1.165) is 0 Å². The van der Waals surface area contributed by atoms with Crippen LogP contribution in [0.15, 0.2) is 16.7 Å². The van der Waals surface area contributed by atoms with Crippen LogP contribution in [-0.4, -0.2) is 18.1 Å². The normalized spacial score (nSPS) is 9.58. The van der Waals surface area contributed by atoms with E-state index < -0.39 is 5.97 Å². The minimum absolute atomic E-state index is 0.135. The Morgan fingerprint density at radius 1 is 1.67 bits per heavy atom. The van der Waals surface area contributed by atoms with Gasteiger partial charge in [-0.15, -0.1) is 0 Å². The molecule has 64 valence electrons. The maximum atomic E-state index is 11.0. The molecule has 0 aliphatic rings. The fraction of sp³-hybridized carbons (Fsp3) is 0.143. The van der Waals surface area contributed by atoms with Gasteiger partial charge in [-0.2, -0.15) is 0 Å². The van der Waals surface area contributed by atoms with Gasteiger partial charge in [0.15, 0.2) is 0 Å². The summed E-state index contributed by atoms with van der Waals surface area (Å²) in [6, 6.07) is 3.17. The summed E-state index contributed by atoms with van der Waals surface area (Å²) >= 11 is 8.78. The Morgan fingerprint density at radius 2 is 2.33 bits per heavy atom. The first-order valence-electron chi connectivity index (χ1n) is 3.05. The molecule has 1 heterocycles. The van der Waals surface area contributed by atoms with Crippen molar-refractivity contribution >= 4 is 33.5 Å². The van der Waals surface area contributed by atoms with Crippen LogP contribution in [0.1, 0.15) is 10.4 Å². The van der Waals surface area contributed by atoms with Gasteiger partial charge in [0.2, 0.25) is 0 Å². The number of pyridine rings is 1. The van der Waals surface area contributed by atoms with Gasteiger partial charge in [-0.1, -0.05) is 11.6 Å². The summed E-state index contributed by atoms with van der Waals surface area (Å²) in [5.41, 5.74) is 0.266. The molecular formula is C7H5BrClNO2. The highest BCUT2D eigenvalue weighted by Crippen LogP contribution is 2.17. The smallest absolute Gasteiger partial charge is 0.341 e. The molecule has 0 saturated carbocycles. The van der Waals surface area contributed by atoms with Gasteiger partial charge < -0.3 is 4.74 Å². The Bertz CT molecular complexity index is 316. The average Bonchev–Trinajstić information content (AvgIpc) is 2.03. The van der Waals surface area contributed by atoms with E-state index in [4.69, 9.17) is 11.6 Å². The Morgan fingerprint density at radius 3 is 2.83 bits per heavy atom. The molecule has 0 aliphatic carbocycles. The molecule has 0 N–H and O–H groups in total. The largest absolute Gasteiger partial charge is 0.465 e. The molecule has 0 spiro atoms. The third kappa shape index (κ3) is 1.95. The number of methoxy groups -OCH3 is 1. The molecule has 1 aromatic heterocycles. The van der Waals surface area contributed by atoms with Crippen LogP contribution in [0.4, 0.5) is 0 Å². The van der Waals surface area contributed by atoms with E-state index >= 15 is 0 Å². The van der Waals surface area contributed by atoms with Crippen molar-refractivity contribution in [3.63, 3.8) is 0 Å². The molecule has 0 saturated heterocycles. The highest BCUT2D eigenvalue weighted by molar-refractivity contribution is 9.10. The van der Waals surface area contributed by atoms with Crippen LogP contribution >= 0.6 is 27.5 Å². The van der Waals surface area contributed by atoms with Crippen LogP contribution < -0.4 is 0 Å². The topological polar surface area (TPSA) is 39.2 Å². The molecule has 0 bridgehead atoms. The Labute approximate surface area is 82.8 Å². The summed E-state index contributed by atoms with van der Waals surface area (Å²) in [5, 5.41) is 0.135. The van der Waals surface area contributed by atoms with E-state index in [1.165, 1.54) is 7.11 Å². The molecule has 0 amide bonds. The summed E-state index contributed by atoms with van der Waals surface area (Å²) < 4.78 is 5.06. The van der Waals surface area contributed by atoms with Crippen LogP contribution in [-0.2, 0) is 4.74 Å². The lowest BCUT2D eigenvalue weighted by Gasteiger charge is -2.00. The summed E-state index contributed by atoms with van der Waals surface area (Å²) in [4.78, 5) is 14.8. The number of ether oxygens (including phenoxy) is 1. The molecule has 5 heteroatoms. The molecule has 0 aromatic carbocycles. The molecule has 1 aromatic rings. The Kier molecular flexibility index (Phi) is 3.05. The number of halogens is 2. The lowest BCUT2D eigenvalue weighted by Crippen LogP contribution is -2.02. The van der Waals surface area contributed by atoms with Crippen molar-refractivity contribution in [3.8, 4) is 0 Å². The zero-order chi connectivity index (χ0) is 9.14. The number of rotatable bonds is 1. The Hall–Kier alpha value is -0.610. The fourth-order valence-corrected chi connectivity index (χ4v) is 1.32. The Balaban J connectivity index is 3.09. The lowest BCUT2D eigenvalue weighted by atomic mass is 10.3. The number of nitrogens with zero attached hydrogens (tertiary/aromatic N) is 1. The molecule has 3 nitrogen and oxygen atoms in total. The van der Waals surface area contributed by atoms with Crippen molar-refractivity contribution in [2.24, 2.45) is 0 Å². The van der Waals surface area contributed by atoms with Crippen molar-refractivity contribution in [2.45, 2.75) is 0 Å². The van der Waals surface area contributed by atoms with Crippen molar-refractivity contribution in [2.75, 3.05) is 7.11 Å². The predicted molar refractivity (Wildman–Crippen MR) is 48.3 cm³/mol. The molecule has 0 unspecified atom stereocenters. The first-order chi connectivity index (χ1) is 5.65. The molecule has 0 radical (unpaired) electrons. The molecule has 0 aliphatic heterocycles. The standard InChI is InChI=1S/C7H5BrClNO2/c1-12-7(11)4-2-3-5(8)10-6(4)9/h2-3H,1H3. The second-order valence-electron chi connectivity index (χ2n) is 1.96. The van der Waals surface area contributed by atoms with Gasteiger partial charge in [-0.25, -0.2) is 9.78 Å². The zero-order valence-corrected chi connectivity index (χ0v) is 8.52. The van der Waals surface area contributed by atoms with E-state index in [-0.39, 0.29) is 10.7 Å². The quantitative estimate of drug-likeness (QED) is 0.567. The first kappa shape index (κ1) is 9.48. The zero-order valence-electron chi connectivity index (χ0n) is 6.17. The van der Waals surface area contributed by atoms with E-state index in [0.29, 0.717) is 4.60 Å². The van der Waals surface area contributed by atoms with Crippen LogP contribution in [0, 0.1) is 0 Å². The number of carbonyl (C=O) groups is 1. The summed E-state index contributed by atoms with van der Waals surface area (Å²) in [7, 11) is 1.29. The van der Waals surface area contributed by atoms with Gasteiger partial charge in [0.05, 0.1) is 12.7 Å². The van der Waals surface area contributed by atoms with Crippen molar-refractivity contribution in [3.05, 3.63) is 27.5 Å². The highest BCUT2D eigenvalue weighted by atomic mass is 79.9. The van der Waals surface area contributed by atoms with Crippen LogP contribution in [0.2, 0.25) is 5.15 Å². The number of carbonyl (C=O) groups excluding carboxylic acids is 1. The minimum atomic E-state index is -0.486. The summed E-state index contributed by atoms with van der Waals surface area (Å²) in [6.45, 7) is 0. The highest BCUT2D eigenvalue weighted by Gasteiger charge is 2.10. The van der Waals surface area contributed by atoms with Gasteiger partial charge >= 0.3 is 5.97 Å². The van der Waals surface area contributed by atoms with Gasteiger partial charge in [0.1, 0.15) is 9.76 Å². The first-order valence-corrected chi connectivity index (χ1v) is 4.22. The number of hydrogen-bond donors (Lipinski definition) is 0. The molecule has 0 atom stereocenters. The van der Waals surface area contributed by atoms with E-state index in [2.05, 4.69) is 25.7 Å². The molecule has 12 heavy (non-hydrogen) atoms. The summed E-state index contributed by atoms with van der Waals surface area (Å²) in [5.74, 6) is -0.486. The molecule has 0 fully saturated rings. The van der Waals surface area contributed by atoms with E-state index in [9.17, 15) is 4.79 Å². The van der Waals surface area contributed by atoms with E-state index in [1.54, 1.807) is 12.1 Å². The SMILES string of the molecule is COC(=O)c1ccc(Br)nc1Cl. The summed E-state index contributed by atoms with van der Waals surface area (Å²) in [6.07, 6.45) is 0. The van der Waals surface area contributed by atoms with Gasteiger partial charge in [-0.05, 0) is 28.1 Å². The number of aromatic nitrogens is 1. The number of hydrogen-bond acceptors (Lipinski definition) is 3. The fourth-order valence-electron chi connectivity index (χ4n) is 0.674. The second-order valence-corrected chi connectivity index (χ2v) is 3.13. The maximum Gasteiger partial charge on any atom is 0.341 e. The average molecular weight is 250 g/mol. The van der Waals surface area contributed by atoms with Gasteiger partial charge in [-0.3, -0.25) is 0 Å². The molecule has 1 rings (SSSR count). The third-order valence-corrected chi connectivity index (χ3v) is 1.95. The van der Waals surface area contributed by atoms with Crippen LogP contribution in [0.3, 0.4) is 0 Å². The maximum absolute atomic E-state index is 11.0. The van der Waals surface area contributed by atoms with E-state index in [1.807, 2.05) is 0 Å².